The number of hydrogen-bond donors (Lipinski definition) is 1. The number of fused-ring (bicyclic) bond motifs is 3. The standard InChI is InChI=1S/C26H21ClN4O3/c1-32-17-11-12-20(33-2)19(13-17)24-22-23(30-26-28-14-29-31(24)26)18-5-3-4-6-21(18)34-25(22)15-7-9-16(27)10-8-15/h3-14,24-25H,1-2H3,(H,28,29,30). The lowest BCUT2D eigenvalue weighted by molar-refractivity contribution is 0.222. The molecule has 0 radical (unpaired) electrons. The summed E-state index contributed by atoms with van der Waals surface area (Å²) in [5.41, 5.74) is 4.76. The molecule has 3 aromatic carbocycles. The molecule has 0 spiro atoms. The predicted molar refractivity (Wildman–Crippen MR) is 130 cm³/mol. The molecule has 0 saturated heterocycles. The second kappa shape index (κ2) is 8.11. The molecule has 2 unspecified atom stereocenters. The van der Waals surface area contributed by atoms with Crippen LogP contribution in [0.4, 0.5) is 5.95 Å². The Bertz CT molecular complexity index is 1410. The molecule has 0 aliphatic carbocycles. The Balaban J connectivity index is 1.65. The first kappa shape index (κ1) is 20.6. The normalized spacial score (nSPS) is 18.2. The van der Waals surface area contributed by atoms with Gasteiger partial charge in [0.25, 0.3) is 0 Å². The van der Waals surface area contributed by atoms with E-state index in [1.807, 2.05) is 71.4 Å². The number of halogens is 1. The summed E-state index contributed by atoms with van der Waals surface area (Å²) in [4.78, 5) is 4.48. The van der Waals surface area contributed by atoms with Gasteiger partial charge in [-0.15, -0.1) is 0 Å². The maximum Gasteiger partial charge on any atom is 0.226 e. The number of para-hydroxylation sites is 1. The van der Waals surface area contributed by atoms with E-state index in [1.165, 1.54) is 0 Å². The third-order valence-electron chi connectivity index (χ3n) is 6.23. The Kier molecular flexibility index (Phi) is 4.92. The molecule has 0 bridgehead atoms. The summed E-state index contributed by atoms with van der Waals surface area (Å²) >= 11 is 6.20. The van der Waals surface area contributed by atoms with E-state index >= 15 is 0 Å². The average Bonchev–Trinajstić information content (AvgIpc) is 3.35. The molecule has 2 aliphatic rings. The van der Waals surface area contributed by atoms with Crippen LogP contribution < -0.4 is 19.5 Å². The lowest BCUT2D eigenvalue weighted by Crippen LogP contribution is -2.32. The van der Waals surface area contributed by atoms with Crippen LogP contribution in [0.25, 0.3) is 5.70 Å². The third-order valence-corrected chi connectivity index (χ3v) is 6.48. The van der Waals surface area contributed by atoms with Gasteiger partial charge in [0.05, 0.1) is 19.9 Å². The molecule has 0 saturated carbocycles. The topological polar surface area (TPSA) is 70.4 Å². The first-order valence-corrected chi connectivity index (χ1v) is 11.2. The van der Waals surface area contributed by atoms with Crippen LogP contribution in [0.2, 0.25) is 5.02 Å². The highest BCUT2D eigenvalue weighted by atomic mass is 35.5. The van der Waals surface area contributed by atoms with Crippen LogP contribution >= 0.6 is 11.6 Å². The largest absolute Gasteiger partial charge is 0.497 e. The fourth-order valence-electron chi connectivity index (χ4n) is 4.68. The van der Waals surface area contributed by atoms with Crippen molar-refractivity contribution in [1.29, 1.82) is 0 Å². The zero-order chi connectivity index (χ0) is 23.2. The van der Waals surface area contributed by atoms with Crippen LogP contribution in [-0.4, -0.2) is 29.0 Å². The maximum atomic E-state index is 6.63. The van der Waals surface area contributed by atoms with E-state index in [2.05, 4.69) is 15.4 Å². The zero-order valence-corrected chi connectivity index (χ0v) is 19.3. The Morgan fingerprint density at radius 1 is 1.00 bits per heavy atom. The smallest absolute Gasteiger partial charge is 0.226 e. The van der Waals surface area contributed by atoms with Crippen molar-refractivity contribution in [3.63, 3.8) is 0 Å². The van der Waals surface area contributed by atoms with E-state index in [9.17, 15) is 0 Å². The van der Waals surface area contributed by atoms with Gasteiger partial charge < -0.3 is 19.5 Å². The molecule has 1 N–H and O–H groups in total. The van der Waals surface area contributed by atoms with E-state index in [-0.39, 0.29) is 6.04 Å². The highest BCUT2D eigenvalue weighted by molar-refractivity contribution is 6.30. The molecule has 2 atom stereocenters. The molecule has 170 valence electrons. The van der Waals surface area contributed by atoms with Gasteiger partial charge in [0.15, 0.2) is 0 Å². The number of ether oxygens (including phenoxy) is 3. The SMILES string of the molecule is COc1ccc(OC)c(C2C3=C(Nc4ncnn42)c2ccccc2OC3c2ccc(Cl)cc2)c1. The fraction of sp³-hybridized carbons (Fsp3) is 0.154. The van der Waals surface area contributed by atoms with Crippen molar-refractivity contribution < 1.29 is 14.2 Å². The molecular weight excluding hydrogens is 452 g/mol. The van der Waals surface area contributed by atoms with Gasteiger partial charge in [0.2, 0.25) is 5.95 Å². The second-order valence-corrected chi connectivity index (χ2v) is 8.48. The Morgan fingerprint density at radius 3 is 2.62 bits per heavy atom. The summed E-state index contributed by atoms with van der Waals surface area (Å²) in [5.74, 6) is 2.87. The van der Waals surface area contributed by atoms with E-state index in [0.29, 0.717) is 11.0 Å². The van der Waals surface area contributed by atoms with Gasteiger partial charge >= 0.3 is 0 Å². The van der Waals surface area contributed by atoms with Crippen LogP contribution in [0.15, 0.2) is 78.6 Å². The van der Waals surface area contributed by atoms with Gasteiger partial charge in [-0.25, -0.2) is 4.68 Å². The number of nitrogens with zero attached hydrogens (tertiary/aromatic N) is 3. The first-order valence-electron chi connectivity index (χ1n) is 10.8. The number of nitrogens with one attached hydrogen (secondary N) is 1. The van der Waals surface area contributed by atoms with Gasteiger partial charge in [-0.2, -0.15) is 10.1 Å². The Morgan fingerprint density at radius 2 is 1.82 bits per heavy atom. The molecule has 3 heterocycles. The van der Waals surface area contributed by atoms with Crippen molar-refractivity contribution >= 4 is 23.2 Å². The lowest BCUT2D eigenvalue weighted by atomic mass is 9.84. The van der Waals surface area contributed by atoms with E-state index in [0.717, 1.165) is 45.2 Å². The van der Waals surface area contributed by atoms with Gasteiger partial charge in [0.1, 0.15) is 35.7 Å². The molecule has 4 aromatic rings. The third kappa shape index (κ3) is 3.20. The minimum absolute atomic E-state index is 0.354. The summed E-state index contributed by atoms with van der Waals surface area (Å²) in [6, 6.07) is 21.1. The Labute approximate surface area is 201 Å². The summed E-state index contributed by atoms with van der Waals surface area (Å²) in [5, 5.41) is 8.74. The lowest BCUT2D eigenvalue weighted by Gasteiger charge is -2.39. The molecular formula is C26H21ClN4O3. The fourth-order valence-corrected chi connectivity index (χ4v) is 4.81. The van der Waals surface area contributed by atoms with E-state index in [4.69, 9.17) is 25.8 Å². The summed E-state index contributed by atoms with van der Waals surface area (Å²) in [6.45, 7) is 0. The molecule has 6 rings (SSSR count). The van der Waals surface area contributed by atoms with Crippen LogP contribution in [0.1, 0.15) is 28.8 Å². The molecule has 0 amide bonds. The van der Waals surface area contributed by atoms with Gasteiger partial charge in [0, 0.05) is 21.7 Å². The number of anilines is 1. The molecule has 1 aromatic heterocycles. The zero-order valence-electron chi connectivity index (χ0n) is 18.5. The molecule has 8 heteroatoms. The monoisotopic (exact) mass is 472 g/mol. The van der Waals surface area contributed by atoms with Crippen molar-refractivity contribution in [1.82, 2.24) is 14.8 Å². The molecule has 7 nitrogen and oxygen atoms in total. The van der Waals surface area contributed by atoms with Crippen LogP contribution in [-0.2, 0) is 0 Å². The van der Waals surface area contributed by atoms with Crippen molar-refractivity contribution in [2.45, 2.75) is 12.1 Å². The number of benzene rings is 3. The van der Waals surface area contributed by atoms with E-state index in [1.54, 1.807) is 20.5 Å². The summed E-state index contributed by atoms with van der Waals surface area (Å²) < 4.78 is 19.8. The van der Waals surface area contributed by atoms with Gasteiger partial charge in [-0.1, -0.05) is 35.9 Å². The quantitative estimate of drug-likeness (QED) is 0.422. The van der Waals surface area contributed by atoms with Crippen molar-refractivity contribution in [3.8, 4) is 17.2 Å². The summed E-state index contributed by atoms with van der Waals surface area (Å²) in [6.07, 6.45) is 1.15. The number of methoxy groups -OCH3 is 2. The number of aromatic nitrogens is 3. The highest BCUT2D eigenvalue weighted by Gasteiger charge is 2.42. The predicted octanol–water partition coefficient (Wildman–Crippen LogP) is 5.51. The minimum Gasteiger partial charge on any atom is -0.497 e. The molecule has 34 heavy (non-hydrogen) atoms. The Hall–Kier alpha value is -3.97. The first-order chi connectivity index (χ1) is 16.7. The molecule has 0 fully saturated rings. The van der Waals surface area contributed by atoms with Gasteiger partial charge in [-0.3, -0.25) is 0 Å². The number of rotatable bonds is 4. The number of hydrogen-bond acceptors (Lipinski definition) is 6. The maximum absolute atomic E-state index is 6.63. The van der Waals surface area contributed by atoms with Crippen LogP contribution in [0.5, 0.6) is 17.2 Å². The van der Waals surface area contributed by atoms with Crippen LogP contribution in [0, 0.1) is 0 Å². The van der Waals surface area contributed by atoms with Gasteiger partial charge in [-0.05, 0) is 48.0 Å². The summed E-state index contributed by atoms with van der Waals surface area (Å²) in [7, 11) is 3.31. The highest BCUT2D eigenvalue weighted by Crippen LogP contribution is 2.52. The second-order valence-electron chi connectivity index (χ2n) is 8.04. The molecule has 2 aliphatic heterocycles. The van der Waals surface area contributed by atoms with Crippen molar-refractivity contribution in [2.24, 2.45) is 0 Å². The van der Waals surface area contributed by atoms with E-state index < -0.39 is 6.10 Å². The minimum atomic E-state index is -0.395. The average molecular weight is 473 g/mol. The van der Waals surface area contributed by atoms with Crippen molar-refractivity contribution in [2.75, 3.05) is 19.5 Å². The van der Waals surface area contributed by atoms with Crippen LogP contribution in [0.3, 0.4) is 0 Å². The van der Waals surface area contributed by atoms with Crippen molar-refractivity contribution in [3.05, 3.63) is 100 Å².